The Kier molecular flexibility index (Phi) is 9.58. The van der Waals surface area contributed by atoms with Crippen LogP contribution in [0, 0.1) is 0 Å². The zero-order valence-corrected chi connectivity index (χ0v) is 27.8. The van der Waals surface area contributed by atoms with E-state index in [2.05, 4.69) is 77.1 Å². The molecule has 2 amide bonds. The number of hydrogen-bond acceptors (Lipinski definition) is 6. The van der Waals surface area contributed by atoms with Crippen LogP contribution in [0.1, 0.15) is 57.2 Å². The summed E-state index contributed by atoms with van der Waals surface area (Å²) in [7, 11) is -2.29. The van der Waals surface area contributed by atoms with Gasteiger partial charge in [0.05, 0.1) is 23.9 Å². The summed E-state index contributed by atoms with van der Waals surface area (Å²) in [5, 5.41) is 8.53. The highest BCUT2D eigenvalue weighted by molar-refractivity contribution is 7.92. The Morgan fingerprint density at radius 1 is 0.935 bits per heavy atom. The number of nitrogens with zero attached hydrogens (tertiary/aromatic N) is 4. The minimum absolute atomic E-state index is 0.0682. The molecular weight excluding hydrogens is 598 g/mol. The standard InChI is InChI=1S/C36H41N5O4S/c1-6-41-34(42)38-40-36(41,24-27-16-20-29(21-17-27)35(2,3)4)22-10-11-26-14-18-28(19-15-26)31-23-33(45-5)32(25-37-31)39-46(43,44)30-12-8-7-9-13-30/h7-9,12-21,23,25,39H,6,10-11,22,24H2,1-5H3. The van der Waals surface area contributed by atoms with Crippen molar-refractivity contribution in [3.63, 3.8) is 0 Å². The number of rotatable bonds is 12. The number of likely N-dealkylation sites (N-methyl/N-ethyl adjacent to an activating group) is 1. The number of sulfonamides is 1. The number of amides is 2. The van der Waals surface area contributed by atoms with Crippen LogP contribution in [0.4, 0.5) is 10.5 Å². The van der Waals surface area contributed by atoms with Gasteiger partial charge in [0.25, 0.3) is 10.0 Å². The number of ether oxygens (including phenoxy) is 1. The molecule has 5 rings (SSSR count). The first kappa shape index (κ1) is 32.8. The molecule has 0 bridgehead atoms. The van der Waals surface area contributed by atoms with E-state index in [4.69, 9.17) is 4.74 Å². The Hall–Kier alpha value is -4.57. The fraction of sp³-hybridized carbons (Fsp3) is 0.333. The monoisotopic (exact) mass is 639 g/mol. The molecule has 0 saturated carbocycles. The highest BCUT2D eigenvalue weighted by atomic mass is 32.2. The van der Waals surface area contributed by atoms with Crippen LogP contribution in [0.3, 0.4) is 0 Å². The molecule has 0 spiro atoms. The van der Waals surface area contributed by atoms with Gasteiger partial charge < -0.3 is 4.74 Å². The maximum atomic E-state index is 12.8. The highest BCUT2D eigenvalue weighted by Gasteiger charge is 2.43. The molecule has 1 aliphatic heterocycles. The van der Waals surface area contributed by atoms with E-state index in [1.165, 1.54) is 31.0 Å². The molecule has 240 valence electrons. The zero-order valence-electron chi connectivity index (χ0n) is 27.0. The van der Waals surface area contributed by atoms with E-state index in [9.17, 15) is 13.2 Å². The molecule has 1 N–H and O–H groups in total. The third kappa shape index (κ3) is 7.28. The average Bonchev–Trinajstić information content (AvgIpc) is 3.35. The van der Waals surface area contributed by atoms with Crippen molar-refractivity contribution < 1.29 is 17.9 Å². The normalized spacial score (nSPS) is 16.5. The van der Waals surface area contributed by atoms with Gasteiger partial charge in [0.15, 0.2) is 5.66 Å². The number of pyridine rings is 1. The fourth-order valence-corrected chi connectivity index (χ4v) is 6.84. The largest absolute Gasteiger partial charge is 0.494 e. The second-order valence-corrected chi connectivity index (χ2v) is 14.3. The van der Waals surface area contributed by atoms with Crippen molar-refractivity contribution in [2.24, 2.45) is 10.2 Å². The minimum atomic E-state index is -3.79. The van der Waals surface area contributed by atoms with Crippen LogP contribution in [0.25, 0.3) is 11.3 Å². The van der Waals surface area contributed by atoms with E-state index < -0.39 is 15.7 Å². The van der Waals surface area contributed by atoms with Crippen LogP contribution in [-0.2, 0) is 28.3 Å². The topological polar surface area (TPSA) is 113 Å². The smallest absolute Gasteiger partial charge is 0.363 e. The summed E-state index contributed by atoms with van der Waals surface area (Å²) >= 11 is 0. The van der Waals surface area contributed by atoms with Gasteiger partial charge in [-0.3, -0.25) is 14.6 Å². The van der Waals surface area contributed by atoms with Crippen LogP contribution in [0.2, 0.25) is 0 Å². The molecule has 0 aliphatic carbocycles. The van der Waals surface area contributed by atoms with Gasteiger partial charge in [0.2, 0.25) is 0 Å². The number of anilines is 1. The second kappa shape index (κ2) is 13.4. The van der Waals surface area contributed by atoms with Crippen molar-refractivity contribution in [2.45, 2.75) is 69.4 Å². The minimum Gasteiger partial charge on any atom is -0.494 e. The summed E-state index contributed by atoms with van der Waals surface area (Å²) < 4.78 is 33.7. The molecule has 1 atom stereocenters. The lowest BCUT2D eigenvalue weighted by molar-refractivity contribution is 0.138. The number of aryl methyl sites for hydroxylation is 1. The number of methoxy groups -OCH3 is 1. The number of hydrogen-bond donors (Lipinski definition) is 1. The number of carbonyl (C=O) groups excluding carboxylic acids is 1. The number of benzene rings is 3. The van der Waals surface area contributed by atoms with Crippen molar-refractivity contribution in [1.82, 2.24) is 9.88 Å². The molecule has 0 radical (unpaired) electrons. The molecule has 2 heterocycles. The van der Waals surface area contributed by atoms with Crippen LogP contribution in [-0.4, -0.2) is 43.7 Å². The van der Waals surface area contributed by atoms with Gasteiger partial charge in [-0.15, -0.1) is 0 Å². The van der Waals surface area contributed by atoms with Gasteiger partial charge in [0.1, 0.15) is 11.4 Å². The maximum absolute atomic E-state index is 12.8. The van der Waals surface area contributed by atoms with Crippen molar-refractivity contribution in [3.8, 4) is 17.0 Å². The summed E-state index contributed by atoms with van der Waals surface area (Å²) in [6.07, 6.45) is 4.41. The van der Waals surface area contributed by atoms with Crippen molar-refractivity contribution in [1.29, 1.82) is 0 Å². The van der Waals surface area contributed by atoms with Crippen molar-refractivity contribution in [3.05, 3.63) is 108 Å². The van der Waals surface area contributed by atoms with Gasteiger partial charge in [-0.25, -0.2) is 13.2 Å². The van der Waals surface area contributed by atoms with Gasteiger partial charge in [-0.05, 0) is 60.4 Å². The van der Waals surface area contributed by atoms with E-state index in [1.54, 1.807) is 29.2 Å². The molecule has 1 aromatic heterocycles. The Balaban J connectivity index is 1.26. The van der Waals surface area contributed by atoms with Crippen molar-refractivity contribution >= 4 is 21.7 Å². The number of aromatic nitrogens is 1. The first-order valence-electron chi connectivity index (χ1n) is 15.5. The van der Waals surface area contributed by atoms with E-state index >= 15 is 0 Å². The van der Waals surface area contributed by atoms with Gasteiger partial charge in [-0.2, -0.15) is 5.11 Å². The van der Waals surface area contributed by atoms with E-state index in [1.807, 2.05) is 19.1 Å². The molecular formula is C36H41N5O4S. The summed E-state index contributed by atoms with van der Waals surface area (Å²) in [6.45, 7) is 9.10. The number of azo groups is 1. The molecule has 4 aromatic rings. The lowest BCUT2D eigenvalue weighted by atomic mass is 9.85. The fourth-order valence-electron chi connectivity index (χ4n) is 5.77. The van der Waals surface area contributed by atoms with Crippen LogP contribution >= 0.6 is 0 Å². The van der Waals surface area contributed by atoms with Gasteiger partial charge in [0, 0.05) is 24.6 Å². The summed E-state index contributed by atoms with van der Waals surface area (Å²) in [5.41, 5.74) is 4.71. The average molecular weight is 640 g/mol. The Bertz CT molecular complexity index is 1800. The first-order valence-corrected chi connectivity index (χ1v) is 17.0. The highest BCUT2D eigenvalue weighted by Crippen LogP contribution is 2.35. The van der Waals surface area contributed by atoms with E-state index in [-0.39, 0.29) is 22.0 Å². The van der Waals surface area contributed by atoms with Gasteiger partial charge >= 0.3 is 6.03 Å². The first-order chi connectivity index (χ1) is 21.9. The number of nitrogens with one attached hydrogen (secondary N) is 1. The van der Waals surface area contributed by atoms with Crippen LogP contribution in [0.15, 0.2) is 106 Å². The number of urea groups is 1. The predicted octanol–water partition coefficient (Wildman–Crippen LogP) is 8.02. The third-order valence-corrected chi connectivity index (χ3v) is 9.74. The molecule has 1 aliphatic rings. The number of carbonyl (C=O) groups is 1. The summed E-state index contributed by atoms with van der Waals surface area (Å²) in [6, 6.07) is 26.3. The quantitative estimate of drug-likeness (QED) is 0.169. The lowest BCUT2D eigenvalue weighted by Crippen LogP contribution is -2.47. The Morgan fingerprint density at radius 3 is 2.24 bits per heavy atom. The van der Waals surface area contributed by atoms with Crippen molar-refractivity contribution in [2.75, 3.05) is 18.4 Å². The van der Waals surface area contributed by atoms with Crippen LogP contribution < -0.4 is 9.46 Å². The van der Waals surface area contributed by atoms with Gasteiger partial charge in [-0.1, -0.05) is 92.6 Å². The van der Waals surface area contributed by atoms with Crippen LogP contribution in [0.5, 0.6) is 5.75 Å². The maximum Gasteiger partial charge on any atom is 0.363 e. The molecule has 10 heteroatoms. The van der Waals surface area contributed by atoms with E-state index in [0.29, 0.717) is 30.8 Å². The molecule has 46 heavy (non-hydrogen) atoms. The molecule has 9 nitrogen and oxygen atoms in total. The second-order valence-electron chi connectivity index (χ2n) is 12.6. The SMILES string of the molecule is CCN1C(=O)N=NC1(CCCc1ccc(-c2cc(OC)c(NS(=O)(=O)c3ccccc3)cn2)cc1)Cc1ccc(C(C)(C)C)cc1. The van der Waals surface area contributed by atoms with E-state index in [0.717, 1.165) is 29.5 Å². The Labute approximate surface area is 271 Å². The molecule has 3 aromatic carbocycles. The zero-order chi connectivity index (χ0) is 33.0. The summed E-state index contributed by atoms with van der Waals surface area (Å²) in [5.74, 6) is 0.368. The predicted molar refractivity (Wildman–Crippen MR) is 181 cm³/mol. The Morgan fingerprint density at radius 2 is 1.61 bits per heavy atom. The molecule has 0 fully saturated rings. The lowest BCUT2D eigenvalue weighted by Gasteiger charge is -2.34. The molecule has 1 unspecified atom stereocenters. The molecule has 0 saturated heterocycles. The summed E-state index contributed by atoms with van der Waals surface area (Å²) in [4.78, 5) is 19.1. The third-order valence-electron chi connectivity index (χ3n) is 8.35.